The van der Waals surface area contributed by atoms with Crippen LogP contribution in [0.25, 0.3) is 16.6 Å². The molecule has 6 nitrogen and oxygen atoms in total. The summed E-state index contributed by atoms with van der Waals surface area (Å²) in [5.74, 6) is -0.204. The first kappa shape index (κ1) is 17.8. The Balaban J connectivity index is 1.75. The third-order valence-corrected chi connectivity index (χ3v) is 4.86. The molecule has 0 bridgehead atoms. The topological polar surface area (TPSA) is 80.0 Å². The highest BCUT2D eigenvalue weighted by Crippen LogP contribution is 2.15. The van der Waals surface area contributed by atoms with E-state index in [-0.39, 0.29) is 16.9 Å². The molecule has 0 aliphatic heterocycles. The number of H-pyrrole nitrogens is 1. The molecular formula is C21H18FN3O3. The van der Waals surface area contributed by atoms with E-state index in [9.17, 15) is 19.1 Å². The van der Waals surface area contributed by atoms with Crippen molar-refractivity contribution in [1.29, 1.82) is 0 Å². The van der Waals surface area contributed by atoms with Gasteiger partial charge in [0.2, 0.25) is 0 Å². The second-order valence-corrected chi connectivity index (χ2v) is 6.65. The fourth-order valence-electron chi connectivity index (χ4n) is 3.36. The molecule has 2 heterocycles. The molecule has 2 N–H and O–H groups in total. The Morgan fingerprint density at radius 1 is 1.04 bits per heavy atom. The molecule has 2 aromatic carbocycles. The zero-order valence-electron chi connectivity index (χ0n) is 15.1. The molecule has 4 aromatic rings. The van der Waals surface area contributed by atoms with Crippen LogP contribution in [-0.2, 0) is 13.0 Å². The van der Waals surface area contributed by atoms with Crippen molar-refractivity contribution in [3.63, 3.8) is 0 Å². The molecule has 0 saturated heterocycles. The summed E-state index contributed by atoms with van der Waals surface area (Å²) in [4.78, 5) is 25.5. The van der Waals surface area contributed by atoms with Crippen LogP contribution in [0.4, 0.5) is 4.39 Å². The van der Waals surface area contributed by atoms with Crippen molar-refractivity contribution in [2.24, 2.45) is 0 Å². The first-order valence-corrected chi connectivity index (χ1v) is 8.83. The highest BCUT2D eigenvalue weighted by Gasteiger charge is 2.15. The highest BCUT2D eigenvalue weighted by molar-refractivity contribution is 5.80. The minimum absolute atomic E-state index is 0.187. The van der Waals surface area contributed by atoms with Crippen LogP contribution in [-0.4, -0.2) is 19.5 Å². The van der Waals surface area contributed by atoms with Crippen molar-refractivity contribution in [3.8, 4) is 11.4 Å². The molecule has 0 aliphatic rings. The van der Waals surface area contributed by atoms with Crippen LogP contribution < -0.4 is 11.1 Å². The van der Waals surface area contributed by atoms with Gasteiger partial charge in [-0.05, 0) is 55.3 Å². The zero-order valence-corrected chi connectivity index (χ0v) is 15.1. The van der Waals surface area contributed by atoms with E-state index in [1.165, 1.54) is 35.0 Å². The van der Waals surface area contributed by atoms with Gasteiger partial charge in [-0.15, -0.1) is 0 Å². The number of nitrogens with one attached hydrogen (secondary N) is 1. The number of nitrogens with zero attached hydrogens (tertiary/aromatic N) is 2. The molecule has 0 spiro atoms. The largest absolute Gasteiger partial charge is 0.508 e. The summed E-state index contributed by atoms with van der Waals surface area (Å²) in [5, 5.41) is 12.7. The number of aromatic hydroxyl groups is 1. The molecule has 4 rings (SSSR count). The molecule has 2 aromatic heterocycles. The number of pyridine rings is 1. The average molecular weight is 379 g/mol. The van der Waals surface area contributed by atoms with Crippen molar-refractivity contribution >= 4 is 10.9 Å². The number of fused-ring (bicyclic) bond motifs is 1. The monoisotopic (exact) mass is 379 g/mol. The quantitative estimate of drug-likeness (QED) is 0.572. The van der Waals surface area contributed by atoms with Gasteiger partial charge in [0.1, 0.15) is 11.6 Å². The summed E-state index contributed by atoms with van der Waals surface area (Å²) in [7, 11) is 0. The Hall–Kier alpha value is -3.61. The van der Waals surface area contributed by atoms with Crippen molar-refractivity contribution in [1.82, 2.24) is 14.3 Å². The number of hydrogen-bond acceptors (Lipinski definition) is 3. The molecule has 0 atom stereocenters. The highest BCUT2D eigenvalue weighted by atomic mass is 19.1. The van der Waals surface area contributed by atoms with Crippen LogP contribution in [0.3, 0.4) is 0 Å². The van der Waals surface area contributed by atoms with E-state index >= 15 is 0 Å². The van der Waals surface area contributed by atoms with E-state index in [4.69, 9.17) is 0 Å². The van der Waals surface area contributed by atoms with E-state index < -0.39 is 5.82 Å². The second-order valence-electron chi connectivity index (χ2n) is 6.65. The van der Waals surface area contributed by atoms with Crippen molar-refractivity contribution in [2.45, 2.75) is 19.9 Å². The number of halogens is 1. The SMILES string of the molecule is Cc1c2c(=O)n(-c3ccc(F)cc3)[nH]c2cc(=O)n1CCc1ccc(O)cc1. The number of aromatic amines is 1. The van der Waals surface area contributed by atoms with E-state index in [1.807, 2.05) is 0 Å². The Morgan fingerprint density at radius 2 is 1.71 bits per heavy atom. The van der Waals surface area contributed by atoms with Gasteiger partial charge in [0, 0.05) is 18.3 Å². The maximum atomic E-state index is 13.2. The van der Waals surface area contributed by atoms with Crippen LogP contribution in [0.15, 0.2) is 64.2 Å². The first-order valence-electron chi connectivity index (χ1n) is 8.83. The lowest BCUT2D eigenvalue weighted by Gasteiger charge is -2.10. The van der Waals surface area contributed by atoms with Gasteiger partial charge in [-0.1, -0.05) is 12.1 Å². The summed E-state index contributed by atoms with van der Waals surface area (Å²) in [6, 6.07) is 13.7. The number of phenolic OH excluding ortho intramolecular Hbond substituents is 1. The average Bonchev–Trinajstić information content (AvgIpc) is 3.00. The molecule has 0 radical (unpaired) electrons. The fourth-order valence-corrected chi connectivity index (χ4v) is 3.36. The normalized spacial score (nSPS) is 11.2. The Bertz CT molecular complexity index is 1270. The number of phenols is 1. The van der Waals surface area contributed by atoms with E-state index in [0.717, 1.165) is 5.56 Å². The third-order valence-electron chi connectivity index (χ3n) is 4.86. The second kappa shape index (κ2) is 6.84. The van der Waals surface area contributed by atoms with Gasteiger partial charge in [0.15, 0.2) is 0 Å². The lowest BCUT2D eigenvalue weighted by Crippen LogP contribution is -2.24. The van der Waals surface area contributed by atoms with Gasteiger partial charge in [0.05, 0.1) is 16.6 Å². The fraction of sp³-hybridized carbons (Fsp3) is 0.143. The summed E-state index contributed by atoms with van der Waals surface area (Å²) in [6.07, 6.45) is 0.586. The summed E-state index contributed by atoms with van der Waals surface area (Å²) in [6.45, 7) is 2.15. The molecule has 7 heteroatoms. The van der Waals surface area contributed by atoms with Crippen molar-refractivity contribution < 1.29 is 9.50 Å². The number of rotatable bonds is 4. The predicted molar refractivity (Wildman–Crippen MR) is 105 cm³/mol. The van der Waals surface area contributed by atoms with Gasteiger partial charge in [-0.3, -0.25) is 14.7 Å². The van der Waals surface area contributed by atoms with Gasteiger partial charge in [-0.2, -0.15) is 0 Å². The maximum absolute atomic E-state index is 13.2. The van der Waals surface area contributed by atoms with Crippen LogP contribution in [0.1, 0.15) is 11.3 Å². The Kier molecular flexibility index (Phi) is 4.35. The summed E-state index contributed by atoms with van der Waals surface area (Å²) in [5.41, 5.74) is 1.97. The number of benzene rings is 2. The molecule has 142 valence electrons. The van der Waals surface area contributed by atoms with Crippen LogP contribution in [0.5, 0.6) is 5.75 Å². The Labute approximate surface area is 159 Å². The molecule has 0 fully saturated rings. The number of aryl methyl sites for hydroxylation is 2. The van der Waals surface area contributed by atoms with Gasteiger partial charge >= 0.3 is 0 Å². The zero-order chi connectivity index (χ0) is 19.8. The lowest BCUT2D eigenvalue weighted by molar-refractivity contribution is 0.475. The Morgan fingerprint density at radius 3 is 2.39 bits per heavy atom. The molecule has 0 saturated carbocycles. The van der Waals surface area contributed by atoms with Gasteiger partial charge < -0.3 is 9.67 Å². The molecular weight excluding hydrogens is 361 g/mol. The van der Waals surface area contributed by atoms with E-state index in [0.29, 0.717) is 35.2 Å². The van der Waals surface area contributed by atoms with Crippen LogP contribution in [0, 0.1) is 12.7 Å². The predicted octanol–water partition coefficient (Wildman–Crippen LogP) is 2.88. The minimum Gasteiger partial charge on any atom is -0.508 e. The van der Waals surface area contributed by atoms with Crippen molar-refractivity contribution in [3.05, 3.63) is 92.4 Å². The van der Waals surface area contributed by atoms with E-state index in [1.54, 1.807) is 35.8 Å². The van der Waals surface area contributed by atoms with Gasteiger partial charge in [0.25, 0.3) is 11.1 Å². The smallest absolute Gasteiger partial charge is 0.280 e. The maximum Gasteiger partial charge on any atom is 0.280 e. The van der Waals surface area contributed by atoms with E-state index in [2.05, 4.69) is 5.10 Å². The van der Waals surface area contributed by atoms with Crippen LogP contribution in [0.2, 0.25) is 0 Å². The molecule has 0 unspecified atom stereocenters. The minimum atomic E-state index is -0.391. The summed E-state index contributed by atoms with van der Waals surface area (Å²) >= 11 is 0. The van der Waals surface area contributed by atoms with Crippen molar-refractivity contribution in [2.75, 3.05) is 0 Å². The first-order chi connectivity index (χ1) is 13.4. The lowest BCUT2D eigenvalue weighted by atomic mass is 10.1. The van der Waals surface area contributed by atoms with Gasteiger partial charge in [-0.25, -0.2) is 9.07 Å². The standard InChI is InChI=1S/C21H18FN3O3/c1-13-20-18(23-25(21(20)28)16-6-4-15(22)5-7-16)12-19(27)24(13)11-10-14-2-8-17(26)9-3-14/h2-9,12,23,26H,10-11H2,1H3. The number of aromatic nitrogens is 3. The molecule has 28 heavy (non-hydrogen) atoms. The van der Waals surface area contributed by atoms with Crippen LogP contribution >= 0.6 is 0 Å². The third kappa shape index (κ3) is 3.11. The summed E-state index contributed by atoms with van der Waals surface area (Å²) < 4.78 is 16.0. The number of hydrogen-bond donors (Lipinski definition) is 2. The molecule has 0 aliphatic carbocycles. The molecule has 0 amide bonds.